The van der Waals surface area contributed by atoms with Crippen LogP contribution in [0.3, 0.4) is 0 Å². The van der Waals surface area contributed by atoms with Crippen molar-refractivity contribution in [3.05, 3.63) is 0 Å². The van der Waals surface area contributed by atoms with Crippen molar-refractivity contribution in [2.75, 3.05) is 5.88 Å². The lowest BCUT2D eigenvalue weighted by atomic mass is 10.6. The van der Waals surface area contributed by atoms with E-state index >= 15 is 0 Å². The molecule has 0 heterocycles. The lowest BCUT2D eigenvalue weighted by Crippen LogP contribution is -1.90. The summed E-state index contributed by atoms with van der Waals surface area (Å²) in [5.41, 5.74) is 0. The van der Waals surface area contributed by atoms with Crippen LogP contribution in [-0.4, -0.2) is 13.3 Å². The molecule has 0 spiro atoms. The van der Waals surface area contributed by atoms with Crippen LogP contribution >= 0.6 is 33.8 Å². The summed E-state index contributed by atoms with van der Waals surface area (Å²) in [5, 5.41) is 0. The lowest BCUT2D eigenvalue weighted by molar-refractivity contribution is 1.09. The van der Waals surface area contributed by atoms with Crippen molar-refractivity contribution in [2.24, 2.45) is 0 Å². The van der Waals surface area contributed by atoms with E-state index in [9.17, 15) is 0 Å². The van der Waals surface area contributed by atoms with Crippen molar-refractivity contribution >= 4 is 41.2 Å². The van der Waals surface area contributed by atoms with Crippen LogP contribution in [0.4, 0.5) is 0 Å². The molecule has 0 aliphatic carbocycles. The highest BCUT2D eigenvalue weighted by molar-refractivity contribution is 7.33. The molecule has 0 aromatic rings. The third-order valence-electron chi connectivity index (χ3n) is 0.556. The van der Waals surface area contributed by atoms with Gasteiger partial charge in [-0.25, -0.2) is 0 Å². The summed E-state index contributed by atoms with van der Waals surface area (Å²) < 4.78 is 0. The minimum atomic E-state index is -1.33. The zero-order chi connectivity index (χ0) is 5.70. The smallest absolute Gasteiger partial charge is 0.150 e. The molecular formula is C3H8Cl3Si+. The molecule has 0 aromatic heterocycles. The van der Waals surface area contributed by atoms with Crippen molar-refractivity contribution in [3.63, 3.8) is 0 Å². The Morgan fingerprint density at radius 2 is 2.00 bits per heavy atom. The van der Waals surface area contributed by atoms with E-state index in [4.69, 9.17) is 33.8 Å². The molecule has 0 fully saturated rings. The van der Waals surface area contributed by atoms with Crippen LogP contribution in [-0.2, 0) is 0 Å². The molecule has 0 radical (unpaired) electrons. The van der Waals surface area contributed by atoms with E-state index in [1.165, 1.54) is 0 Å². The van der Waals surface area contributed by atoms with E-state index in [2.05, 4.69) is 0 Å². The maximum Gasteiger partial charge on any atom is 1.00 e. The summed E-state index contributed by atoms with van der Waals surface area (Å²) in [5.74, 6) is 0.683. The van der Waals surface area contributed by atoms with Crippen molar-refractivity contribution in [2.45, 2.75) is 12.5 Å². The van der Waals surface area contributed by atoms with Gasteiger partial charge in [-0.2, -0.15) is 22.2 Å². The molecule has 44 valence electrons. The van der Waals surface area contributed by atoms with Gasteiger partial charge in [0, 0.05) is 5.88 Å². The van der Waals surface area contributed by atoms with Crippen molar-refractivity contribution in [1.82, 2.24) is 0 Å². The maximum absolute atomic E-state index is 5.50. The van der Waals surface area contributed by atoms with E-state index in [1.54, 1.807) is 0 Å². The Hall–Kier alpha value is 1.09. The molecule has 0 amide bonds. The lowest BCUT2D eigenvalue weighted by Gasteiger charge is -1.91. The summed E-state index contributed by atoms with van der Waals surface area (Å²) in [6, 6.07) is 0.937. The normalized spacial score (nSPS) is 10.3. The molecule has 0 bridgehead atoms. The molecule has 0 aliphatic rings. The van der Waals surface area contributed by atoms with Gasteiger partial charge < -0.3 is 0 Å². The van der Waals surface area contributed by atoms with Gasteiger partial charge in [0.15, 0.2) is 0 Å². The Morgan fingerprint density at radius 1 is 1.43 bits per heavy atom. The Balaban J connectivity index is 0. The first-order valence-electron chi connectivity index (χ1n) is 2.11. The number of hydrogen-bond donors (Lipinski definition) is 0. The van der Waals surface area contributed by atoms with Crippen LogP contribution < -0.4 is 0 Å². The zero-order valence-electron chi connectivity index (χ0n) is 4.83. The van der Waals surface area contributed by atoms with Crippen molar-refractivity contribution < 1.29 is 1.43 Å². The van der Waals surface area contributed by atoms with Gasteiger partial charge in [-0.1, -0.05) is 0 Å². The highest BCUT2D eigenvalue weighted by Crippen LogP contribution is 2.06. The van der Waals surface area contributed by atoms with Gasteiger partial charge in [-0.3, -0.25) is 0 Å². The largest absolute Gasteiger partial charge is 1.00 e. The van der Waals surface area contributed by atoms with Gasteiger partial charge in [0.2, 0.25) is 7.42 Å². The third-order valence-corrected chi connectivity index (χ3v) is 2.98. The highest BCUT2D eigenvalue weighted by atomic mass is 35.7. The Kier molecular flexibility index (Phi) is 6.04. The average Bonchev–Trinajstić information content (AvgIpc) is 1.61. The maximum atomic E-state index is 5.50. The summed E-state index contributed by atoms with van der Waals surface area (Å²) in [4.78, 5) is 0. The quantitative estimate of drug-likeness (QED) is 0.354. The summed E-state index contributed by atoms with van der Waals surface area (Å²) >= 11 is 16.4. The number of alkyl halides is 1. The minimum Gasteiger partial charge on any atom is -0.150 e. The highest BCUT2D eigenvalue weighted by Gasteiger charge is 1.98. The second-order valence-corrected chi connectivity index (χ2v) is 6.79. The molecule has 0 aliphatic heterocycles. The summed E-state index contributed by atoms with van der Waals surface area (Å²) in [6.45, 7) is 0. The topological polar surface area (TPSA) is 0 Å². The van der Waals surface area contributed by atoms with Gasteiger partial charge in [0.1, 0.15) is 0 Å². The fourth-order valence-electron chi connectivity index (χ4n) is 0.231. The second-order valence-electron chi connectivity index (χ2n) is 1.22. The molecule has 0 aromatic carbocycles. The first-order chi connectivity index (χ1) is 3.27. The van der Waals surface area contributed by atoms with E-state index in [0.717, 1.165) is 12.5 Å². The van der Waals surface area contributed by atoms with Crippen LogP contribution in [0.1, 0.15) is 7.85 Å². The first-order valence-corrected chi connectivity index (χ1v) is 6.95. The Bertz CT molecular complexity index is 43.5. The predicted molar refractivity (Wildman–Crippen MR) is 40.1 cm³/mol. The van der Waals surface area contributed by atoms with Gasteiger partial charge in [-0.15, -0.1) is 11.6 Å². The van der Waals surface area contributed by atoms with Gasteiger partial charge in [0.25, 0.3) is 0 Å². The van der Waals surface area contributed by atoms with Crippen LogP contribution in [0.2, 0.25) is 6.04 Å². The molecule has 4 heteroatoms. The molecule has 0 saturated heterocycles. The van der Waals surface area contributed by atoms with Crippen LogP contribution in [0.15, 0.2) is 0 Å². The van der Waals surface area contributed by atoms with Gasteiger partial charge in [-0.05, 0) is 12.5 Å². The van der Waals surface area contributed by atoms with Gasteiger partial charge in [0.05, 0.1) is 0 Å². The molecule has 0 saturated carbocycles. The number of hydrogen-bond acceptors (Lipinski definition) is 0. The summed E-state index contributed by atoms with van der Waals surface area (Å²) in [6.07, 6.45) is 0.964. The minimum absolute atomic E-state index is 0. The van der Waals surface area contributed by atoms with Crippen LogP contribution in [0, 0.1) is 0 Å². The van der Waals surface area contributed by atoms with Crippen LogP contribution in [0.5, 0.6) is 0 Å². The van der Waals surface area contributed by atoms with Crippen molar-refractivity contribution in [3.8, 4) is 0 Å². The fourth-order valence-corrected chi connectivity index (χ4v) is 2.08. The zero-order valence-corrected chi connectivity index (χ0v) is 7.26. The third kappa shape index (κ3) is 7.09. The molecule has 0 atom stereocenters. The van der Waals surface area contributed by atoms with E-state index in [-0.39, 0.29) is 1.43 Å². The van der Waals surface area contributed by atoms with E-state index in [0.29, 0.717) is 5.88 Å². The SMILES string of the molecule is ClCCC[SiH](Cl)Cl.[H+]. The van der Waals surface area contributed by atoms with Gasteiger partial charge >= 0.3 is 1.43 Å². The molecule has 0 nitrogen and oxygen atoms in total. The molecule has 0 rings (SSSR count). The second kappa shape index (κ2) is 5.23. The summed E-state index contributed by atoms with van der Waals surface area (Å²) in [7, 11) is -1.33. The number of rotatable bonds is 3. The Labute approximate surface area is 61.3 Å². The predicted octanol–water partition coefficient (Wildman–Crippen LogP) is 2.43. The standard InChI is InChI=1S/C3H7Cl3Si/c4-2-1-3-7(5)6/h7H,1-3H2/p+1. The average molecular weight is 179 g/mol. The van der Waals surface area contributed by atoms with E-state index in [1.807, 2.05) is 0 Å². The van der Waals surface area contributed by atoms with Crippen LogP contribution in [0.25, 0.3) is 0 Å². The molecular weight excluding hydrogens is 170 g/mol. The molecule has 0 N–H and O–H groups in total. The van der Waals surface area contributed by atoms with Crippen molar-refractivity contribution in [1.29, 1.82) is 0 Å². The molecule has 0 unspecified atom stereocenters. The Morgan fingerprint density at radius 3 is 2.14 bits per heavy atom. The fraction of sp³-hybridized carbons (Fsp3) is 1.00. The first kappa shape index (κ1) is 8.09. The van der Waals surface area contributed by atoms with E-state index < -0.39 is 7.42 Å². The number of halogens is 3. The monoisotopic (exact) mass is 177 g/mol. The molecule has 7 heavy (non-hydrogen) atoms.